The molecule has 1 aliphatic rings. The molecule has 100 valence electrons. The van der Waals surface area contributed by atoms with Gasteiger partial charge in [-0.3, -0.25) is 4.68 Å². The fourth-order valence-corrected chi connectivity index (χ4v) is 2.70. The molecule has 1 saturated heterocycles. The highest BCUT2D eigenvalue weighted by Crippen LogP contribution is 2.25. The third-order valence-electron chi connectivity index (χ3n) is 3.90. The van der Waals surface area contributed by atoms with E-state index < -0.39 is 0 Å². The minimum atomic E-state index is 0.487. The summed E-state index contributed by atoms with van der Waals surface area (Å²) in [4.78, 5) is 0. The molecule has 2 aromatic rings. The Morgan fingerprint density at radius 2 is 2.11 bits per heavy atom. The quantitative estimate of drug-likeness (QED) is 0.913. The molecule has 1 aliphatic heterocycles. The van der Waals surface area contributed by atoms with Gasteiger partial charge in [0.1, 0.15) is 0 Å². The first-order valence-corrected chi connectivity index (χ1v) is 7.11. The van der Waals surface area contributed by atoms with E-state index in [0.29, 0.717) is 6.04 Å². The zero-order valence-electron chi connectivity index (χ0n) is 11.4. The van der Waals surface area contributed by atoms with E-state index >= 15 is 0 Å². The minimum absolute atomic E-state index is 0.487. The average Bonchev–Trinajstić information content (AvgIpc) is 2.89. The molecule has 3 heteroatoms. The Balaban J connectivity index is 1.66. The highest BCUT2D eigenvalue weighted by Gasteiger charge is 2.19. The van der Waals surface area contributed by atoms with Crippen LogP contribution in [0.5, 0.6) is 0 Å². The first kappa shape index (κ1) is 12.4. The van der Waals surface area contributed by atoms with E-state index in [-0.39, 0.29) is 0 Å². The molecule has 1 aromatic carbocycles. The predicted octanol–water partition coefficient (Wildman–Crippen LogP) is 2.99. The molecule has 1 fully saturated rings. The van der Waals surface area contributed by atoms with Gasteiger partial charge in [-0.25, -0.2) is 0 Å². The molecule has 0 aliphatic carbocycles. The number of piperidine rings is 1. The van der Waals surface area contributed by atoms with Crippen molar-refractivity contribution < 1.29 is 0 Å². The van der Waals surface area contributed by atoms with Crippen LogP contribution in [0.4, 0.5) is 0 Å². The van der Waals surface area contributed by atoms with Gasteiger partial charge in [-0.2, -0.15) is 5.10 Å². The summed E-state index contributed by atoms with van der Waals surface area (Å²) in [5.74, 6) is 0.801. The van der Waals surface area contributed by atoms with Gasteiger partial charge in [-0.1, -0.05) is 37.3 Å². The molecule has 0 unspecified atom stereocenters. The second-order valence-corrected chi connectivity index (χ2v) is 5.60. The topological polar surface area (TPSA) is 29.9 Å². The summed E-state index contributed by atoms with van der Waals surface area (Å²) in [7, 11) is 0. The molecule has 19 heavy (non-hydrogen) atoms. The molecule has 3 rings (SSSR count). The van der Waals surface area contributed by atoms with Crippen molar-refractivity contribution >= 4 is 0 Å². The predicted molar refractivity (Wildman–Crippen MR) is 76.9 cm³/mol. The SMILES string of the molecule is C[C@H]1CC[C@H](c2cnn(Cc3ccccc3)c2)NC1. The van der Waals surface area contributed by atoms with Gasteiger partial charge in [0.2, 0.25) is 0 Å². The molecular formula is C16H21N3. The van der Waals surface area contributed by atoms with E-state index in [9.17, 15) is 0 Å². The Morgan fingerprint density at radius 3 is 2.84 bits per heavy atom. The van der Waals surface area contributed by atoms with E-state index in [0.717, 1.165) is 19.0 Å². The molecule has 0 saturated carbocycles. The first-order chi connectivity index (χ1) is 9.31. The summed E-state index contributed by atoms with van der Waals surface area (Å²) in [6, 6.07) is 11.0. The second-order valence-electron chi connectivity index (χ2n) is 5.60. The normalized spacial score (nSPS) is 23.4. The van der Waals surface area contributed by atoms with Crippen molar-refractivity contribution in [1.29, 1.82) is 0 Å². The van der Waals surface area contributed by atoms with Gasteiger partial charge in [0, 0.05) is 17.8 Å². The fraction of sp³-hybridized carbons (Fsp3) is 0.438. The number of nitrogens with one attached hydrogen (secondary N) is 1. The highest BCUT2D eigenvalue weighted by molar-refractivity contribution is 5.17. The highest BCUT2D eigenvalue weighted by atomic mass is 15.3. The smallest absolute Gasteiger partial charge is 0.0659 e. The summed E-state index contributed by atoms with van der Waals surface area (Å²) in [5, 5.41) is 8.09. The number of benzene rings is 1. The zero-order valence-corrected chi connectivity index (χ0v) is 11.4. The Labute approximate surface area is 114 Å². The van der Waals surface area contributed by atoms with Gasteiger partial charge in [-0.15, -0.1) is 0 Å². The Morgan fingerprint density at radius 1 is 1.26 bits per heavy atom. The Kier molecular flexibility index (Phi) is 3.65. The lowest BCUT2D eigenvalue weighted by Gasteiger charge is -2.26. The van der Waals surface area contributed by atoms with Crippen molar-refractivity contribution in [3.05, 3.63) is 53.9 Å². The number of rotatable bonds is 3. The maximum atomic E-state index is 4.48. The van der Waals surface area contributed by atoms with Crippen LogP contribution in [-0.4, -0.2) is 16.3 Å². The van der Waals surface area contributed by atoms with Crippen molar-refractivity contribution in [2.24, 2.45) is 5.92 Å². The maximum Gasteiger partial charge on any atom is 0.0659 e. The van der Waals surface area contributed by atoms with Gasteiger partial charge < -0.3 is 5.32 Å². The van der Waals surface area contributed by atoms with Gasteiger partial charge in [-0.05, 0) is 30.9 Å². The van der Waals surface area contributed by atoms with E-state index in [1.165, 1.54) is 24.0 Å². The van der Waals surface area contributed by atoms with Crippen molar-refractivity contribution in [1.82, 2.24) is 15.1 Å². The molecule has 0 amide bonds. The van der Waals surface area contributed by atoms with E-state index in [1.54, 1.807) is 0 Å². The van der Waals surface area contributed by atoms with Crippen molar-refractivity contribution in [2.75, 3.05) is 6.54 Å². The number of hydrogen-bond donors (Lipinski definition) is 1. The summed E-state index contributed by atoms with van der Waals surface area (Å²) in [6.07, 6.45) is 6.72. The molecule has 3 nitrogen and oxygen atoms in total. The fourth-order valence-electron chi connectivity index (χ4n) is 2.70. The average molecular weight is 255 g/mol. The molecule has 0 radical (unpaired) electrons. The van der Waals surface area contributed by atoms with E-state index in [4.69, 9.17) is 0 Å². The largest absolute Gasteiger partial charge is 0.310 e. The molecule has 1 aromatic heterocycles. The molecule has 2 atom stereocenters. The third kappa shape index (κ3) is 3.04. The van der Waals surface area contributed by atoms with Crippen LogP contribution in [-0.2, 0) is 6.54 Å². The van der Waals surface area contributed by atoms with Gasteiger partial charge in [0.25, 0.3) is 0 Å². The van der Waals surface area contributed by atoms with Gasteiger partial charge in [0.15, 0.2) is 0 Å². The summed E-state index contributed by atoms with van der Waals surface area (Å²) < 4.78 is 2.03. The van der Waals surface area contributed by atoms with Crippen LogP contribution >= 0.6 is 0 Å². The summed E-state index contributed by atoms with van der Waals surface area (Å²) in [5.41, 5.74) is 2.62. The first-order valence-electron chi connectivity index (χ1n) is 7.11. The van der Waals surface area contributed by atoms with Crippen LogP contribution in [0, 0.1) is 5.92 Å². The van der Waals surface area contributed by atoms with Crippen LogP contribution in [0.1, 0.15) is 36.9 Å². The Bertz CT molecular complexity index is 510. The van der Waals surface area contributed by atoms with Crippen LogP contribution in [0.3, 0.4) is 0 Å². The van der Waals surface area contributed by atoms with Gasteiger partial charge in [0.05, 0.1) is 12.7 Å². The summed E-state index contributed by atoms with van der Waals surface area (Å²) >= 11 is 0. The van der Waals surface area contributed by atoms with E-state index in [2.05, 4.69) is 47.8 Å². The third-order valence-corrected chi connectivity index (χ3v) is 3.90. The van der Waals surface area contributed by atoms with E-state index in [1.807, 2.05) is 16.9 Å². The molecule has 2 heterocycles. The summed E-state index contributed by atoms with van der Waals surface area (Å²) in [6.45, 7) is 4.28. The van der Waals surface area contributed by atoms with Crippen molar-refractivity contribution in [3.63, 3.8) is 0 Å². The zero-order chi connectivity index (χ0) is 13.1. The van der Waals surface area contributed by atoms with Crippen molar-refractivity contribution in [3.8, 4) is 0 Å². The molecule has 0 bridgehead atoms. The minimum Gasteiger partial charge on any atom is -0.310 e. The lowest BCUT2D eigenvalue weighted by molar-refractivity contribution is 0.333. The molecular weight excluding hydrogens is 234 g/mol. The van der Waals surface area contributed by atoms with Crippen LogP contribution < -0.4 is 5.32 Å². The monoisotopic (exact) mass is 255 g/mol. The van der Waals surface area contributed by atoms with Crippen LogP contribution in [0.2, 0.25) is 0 Å². The Hall–Kier alpha value is -1.61. The van der Waals surface area contributed by atoms with Gasteiger partial charge >= 0.3 is 0 Å². The second kappa shape index (κ2) is 5.57. The molecule has 1 N–H and O–H groups in total. The number of hydrogen-bond acceptors (Lipinski definition) is 2. The number of aromatic nitrogens is 2. The van der Waals surface area contributed by atoms with Crippen LogP contribution in [0.15, 0.2) is 42.7 Å². The number of nitrogens with zero attached hydrogens (tertiary/aromatic N) is 2. The molecule has 0 spiro atoms. The van der Waals surface area contributed by atoms with Crippen molar-refractivity contribution in [2.45, 2.75) is 32.4 Å². The van der Waals surface area contributed by atoms with Crippen LogP contribution in [0.25, 0.3) is 0 Å². The lowest BCUT2D eigenvalue weighted by Crippen LogP contribution is -2.31. The standard InChI is InChI=1S/C16H21N3/c1-13-7-8-16(17-9-13)15-10-18-19(12-15)11-14-5-3-2-4-6-14/h2-6,10,12-13,16-17H,7-9,11H2,1H3/t13-,16+/m0/s1. The maximum absolute atomic E-state index is 4.48. The lowest BCUT2D eigenvalue weighted by atomic mass is 9.94.